The number of aryl methyl sites for hydroxylation is 5. The molecule has 4 nitrogen and oxygen atoms in total. The van der Waals surface area contributed by atoms with Crippen LogP contribution in [0.15, 0.2) is 71.4 Å². The summed E-state index contributed by atoms with van der Waals surface area (Å²) in [5.74, 6) is 0. The zero-order chi connectivity index (χ0) is 35.5. The number of pyridine rings is 3. The van der Waals surface area contributed by atoms with Crippen molar-refractivity contribution in [3.05, 3.63) is 112 Å². The average Bonchev–Trinajstić information content (AvgIpc) is 3.60. The number of aromatic nitrogens is 3. The van der Waals surface area contributed by atoms with E-state index in [-0.39, 0.29) is 31.5 Å². The van der Waals surface area contributed by atoms with Crippen molar-refractivity contribution in [2.45, 2.75) is 61.7 Å². The van der Waals surface area contributed by atoms with Crippen LogP contribution in [0.3, 0.4) is 0 Å². The number of hydrogen-bond donors (Lipinski definition) is 0. The fourth-order valence-electron chi connectivity index (χ4n) is 5.07. The molecule has 0 N–H and O–H groups in total. The van der Waals surface area contributed by atoms with Crippen LogP contribution in [-0.4, -0.2) is 15.0 Å². The summed E-state index contributed by atoms with van der Waals surface area (Å²) in [6.07, 6.45) is 2.10. The Kier molecular flexibility index (Phi) is 7.64. The first kappa shape index (κ1) is 26.5. The van der Waals surface area contributed by atoms with Crippen molar-refractivity contribution in [2.75, 3.05) is 0 Å². The van der Waals surface area contributed by atoms with Crippen LogP contribution in [0.1, 0.15) is 60.4 Å². The Morgan fingerprint density at radius 3 is 2.49 bits per heavy atom. The second-order valence-corrected chi connectivity index (χ2v) is 13.2. The molecule has 0 spiro atoms. The van der Waals surface area contributed by atoms with Gasteiger partial charge in [-0.15, -0.1) is 64.9 Å². The number of furan rings is 1. The molecule has 0 aliphatic rings. The Hall–Kier alpha value is -3.70. The van der Waals surface area contributed by atoms with Gasteiger partial charge in [-0.05, 0) is 79.8 Å². The molecule has 6 heteroatoms. The molecule has 0 saturated carbocycles. The zero-order valence-corrected chi connectivity index (χ0v) is 29.6. The molecule has 0 aliphatic heterocycles. The summed E-state index contributed by atoms with van der Waals surface area (Å²) < 4.78 is 47.6. The molecule has 7 aromatic rings. The van der Waals surface area contributed by atoms with Crippen LogP contribution in [-0.2, 0) is 26.5 Å². The molecule has 0 unspecified atom stereocenters. The fraction of sp³-hybridized carbons (Fsp3) is 0.256. The molecule has 1 radical (unpaired) electrons. The van der Waals surface area contributed by atoms with Crippen LogP contribution < -0.4 is 0 Å². The van der Waals surface area contributed by atoms with Crippen molar-refractivity contribution < 1.29 is 31.4 Å². The van der Waals surface area contributed by atoms with Gasteiger partial charge < -0.3 is 14.4 Å². The Morgan fingerprint density at radius 2 is 1.78 bits per heavy atom. The van der Waals surface area contributed by atoms with Gasteiger partial charge in [-0.2, -0.15) is 0 Å². The van der Waals surface area contributed by atoms with Crippen molar-refractivity contribution in [1.29, 1.82) is 0 Å². The molecule has 231 valence electrons. The van der Waals surface area contributed by atoms with Gasteiger partial charge in [-0.3, -0.25) is 0 Å². The van der Waals surface area contributed by atoms with Crippen LogP contribution in [0.2, 0.25) is 0 Å². The van der Waals surface area contributed by atoms with Crippen LogP contribution in [0.5, 0.6) is 0 Å². The van der Waals surface area contributed by atoms with Crippen LogP contribution >= 0.6 is 11.3 Å². The predicted octanol–water partition coefficient (Wildman–Crippen LogP) is 10.7. The molecule has 0 fully saturated rings. The zero-order valence-electron chi connectivity index (χ0n) is 31.3. The van der Waals surface area contributed by atoms with Crippen LogP contribution in [0, 0.1) is 52.1 Å². The maximum Gasteiger partial charge on any atom is 0.216 e. The van der Waals surface area contributed by atoms with Gasteiger partial charge in [0.2, 0.25) is 5.71 Å². The number of thiophene rings is 1. The Balaban J connectivity index is 0.000000255. The van der Waals surface area contributed by atoms with E-state index in [1.54, 1.807) is 18.3 Å². The first-order valence-electron chi connectivity index (χ1n) is 17.0. The third-order valence-corrected chi connectivity index (χ3v) is 8.65. The maximum absolute atomic E-state index is 8.82. The third kappa shape index (κ3) is 6.79. The number of nitrogens with zero attached hydrogens (tertiary/aromatic N) is 3. The van der Waals surface area contributed by atoms with Crippen molar-refractivity contribution in [3.63, 3.8) is 0 Å². The molecule has 0 bridgehead atoms. The van der Waals surface area contributed by atoms with Crippen LogP contribution in [0.4, 0.5) is 0 Å². The molecule has 2 aromatic carbocycles. The summed E-state index contributed by atoms with van der Waals surface area (Å²) in [5.41, 5.74) is 8.11. The maximum atomic E-state index is 8.82. The Morgan fingerprint density at radius 1 is 0.956 bits per heavy atom. The smallest absolute Gasteiger partial charge is 0.216 e. The minimum atomic E-state index is -2.33. The van der Waals surface area contributed by atoms with E-state index in [1.165, 1.54) is 34.1 Å². The van der Waals surface area contributed by atoms with Gasteiger partial charge in [0.15, 0.2) is 0 Å². The van der Waals surface area contributed by atoms with Crippen LogP contribution in [0.25, 0.3) is 54.7 Å². The Bertz CT molecular complexity index is 2340. The van der Waals surface area contributed by atoms with Gasteiger partial charge in [0.1, 0.15) is 0 Å². The van der Waals surface area contributed by atoms with Gasteiger partial charge in [-0.1, -0.05) is 50.3 Å². The van der Waals surface area contributed by atoms with E-state index in [0.717, 1.165) is 37.7 Å². The monoisotopic (exact) mass is 793 g/mol. The number of fused-ring (bicyclic) bond motifs is 4. The van der Waals surface area contributed by atoms with Gasteiger partial charge in [-0.25, -0.2) is 4.98 Å². The number of rotatable bonds is 3. The van der Waals surface area contributed by atoms with E-state index in [9.17, 15) is 0 Å². The second kappa shape index (κ2) is 13.0. The van der Waals surface area contributed by atoms with E-state index >= 15 is 0 Å². The normalized spacial score (nSPS) is 13.7. The summed E-state index contributed by atoms with van der Waals surface area (Å²) in [6, 6.07) is 23.5. The molecule has 0 aliphatic carbocycles. The quantitative estimate of drug-likeness (QED) is 0.167. The molecule has 0 amide bonds. The van der Waals surface area contributed by atoms with Gasteiger partial charge >= 0.3 is 0 Å². The van der Waals surface area contributed by atoms with Gasteiger partial charge in [0, 0.05) is 65.7 Å². The third-order valence-electron chi connectivity index (χ3n) is 7.48. The molecule has 7 rings (SSSR count). The standard InChI is InChI=1S/C25H23N2OS.C14H14N.Ir/c1-14-9-10-17-16-7-6-8-18(23(16)28-24(17)27-14)22-21-15(2)20(13-25(3,4)5)29-19(21)11-12-26-22;1-10-4-6-13(7-5-10)14-8-11(2)12(3)9-15-14;/h6-7,9-12H,13H2,1-5H3;4-6,8-9H,1-3H3;/q2*-1;/i1D3,13D2;;. The van der Waals surface area contributed by atoms with E-state index in [0.29, 0.717) is 21.7 Å². The summed E-state index contributed by atoms with van der Waals surface area (Å²) in [4.78, 5) is 14.0. The van der Waals surface area contributed by atoms with E-state index < -0.39 is 18.6 Å². The Labute approximate surface area is 290 Å². The number of benzene rings is 2. The SMILES string of the molecule is Cc1c[c-]c(-c2cc(C)c(C)cn2)cc1.[2H]C([2H])([2H])c1ccc2c(n1)oc1c(-c3nccc4sc(C([2H])([2H])C(C)(C)C)c(C)c34)[c-]ccc12.[Ir]. The summed E-state index contributed by atoms with van der Waals surface area (Å²) in [7, 11) is 0. The largest absolute Gasteiger partial charge is 0.486 e. The molecule has 45 heavy (non-hydrogen) atoms. The molecular weight excluding hydrogens is 751 g/mol. The second-order valence-electron chi connectivity index (χ2n) is 12.1. The topological polar surface area (TPSA) is 51.8 Å². The summed E-state index contributed by atoms with van der Waals surface area (Å²) >= 11 is 1.45. The molecule has 0 saturated heterocycles. The summed E-state index contributed by atoms with van der Waals surface area (Å²) in [6.45, 7) is 11.6. The number of hydrogen-bond acceptors (Lipinski definition) is 5. The minimum absolute atomic E-state index is 0. The molecule has 0 atom stereocenters. The van der Waals surface area contributed by atoms with Crippen molar-refractivity contribution >= 4 is 43.5 Å². The van der Waals surface area contributed by atoms with Gasteiger partial charge in [0.25, 0.3) is 0 Å². The fourth-order valence-corrected chi connectivity index (χ4v) is 6.39. The minimum Gasteiger partial charge on any atom is -0.486 e. The van der Waals surface area contributed by atoms with Crippen molar-refractivity contribution in [2.24, 2.45) is 5.41 Å². The average molecular weight is 793 g/mol. The van der Waals surface area contributed by atoms with Gasteiger partial charge in [0.05, 0.1) is 5.58 Å². The molecular formula is C39H37IrN3OS-2. The first-order chi connectivity index (χ1) is 23.0. The summed E-state index contributed by atoms with van der Waals surface area (Å²) in [5, 5.41) is 2.39. The predicted molar refractivity (Wildman–Crippen MR) is 184 cm³/mol. The molecule has 5 aromatic heterocycles. The van der Waals surface area contributed by atoms with Crippen molar-refractivity contribution in [1.82, 2.24) is 15.0 Å². The molecule has 5 heterocycles. The van der Waals surface area contributed by atoms with E-state index in [2.05, 4.69) is 66.1 Å². The van der Waals surface area contributed by atoms with Crippen molar-refractivity contribution in [3.8, 4) is 22.5 Å². The van der Waals surface area contributed by atoms with E-state index in [4.69, 9.17) is 11.3 Å². The van der Waals surface area contributed by atoms with E-state index in [1.807, 2.05) is 52.1 Å². The first-order valence-corrected chi connectivity index (χ1v) is 15.3.